The fourth-order valence-corrected chi connectivity index (χ4v) is 2.96. The summed E-state index contributed by atoms with van der Waals surface area (Å²) < 4.78 is 5.28. The number of rotatable bonds is 5. The van der Waals surface area contributed by atoms with Crippen molar-refractivity contribution in [2.45, 2.75) is 45.2 Å². The first kappa shape index (κ1) is 14.1. The third-order valence-electron chi connectivity index (χ3n) is 3.85. The molecular formula is C16H23NO2. The van der Waals surface area contributed by atoms with Gasteiger partial charge in [-0.15, -0.1) is 0 Å². The van der Waals surface area contributed by atoms with E-state index < -0.39 is 0 Å². The first-order valence-corrected chi connectivity index (χ1v) is 7.25. The van der Waals surface area contributed by atoms with Gasteiger partial charge in [-0.3, -0.25) is 4.90 Å². The molecular weight excluding hydrogens is 238 g/mol. The van der Waals surface area contributed by atoms with Crippen molar-refractivity contribution in [2.75, 3.05) is 13.2 Å². The summed E-state index contributed by atoms with van der Waals surface area (Å²) in [5, 5.41) is 0. The monoisotopic (exact) mass is 261 g/mol. The SMILES string of the molecule is CCOC(=O)C(c1ccccc1)N1CCCC1CC. The highest BCUT2D eigenvalue weighted by atomic mass is 16.5. The molecule has 0 spiro atoms. The third-order valence-corrected chi connectivity index (χ3v) is 3.85. The number of carbonyl (C=O) groups excluding carboxylic acids is 1. The maximum Gasteiger partial charge on any atom is 0.328 e. The van der Waals surface area contributed by atoms with Gasteiger partial charge in [-0.25, -0.2) is 4.79 Å². The molecule has 104 valence electrons. The highest BCUT2D eigenvalue weighted by molar-refractivity contribution is 5.77. The van der Waals surface area contributed by atoms with Crippen LogP contribution in [-0.2, 0) is 9.53 Å². The second-order valence-corrected chi connectivity index (χ2v) is 5.01. The van der Waals surface area contributed by atoms with E-state index in [1.54, 1.807) is 0 Å². The van der Waals surface area contributed by atoms with Gasteiger partial charge in [-0.1, -0.05) is 37.3 Å². The zero-order valence-corrected chi connectivity index (χ0v) is 11.8. The van der Waals surface area contributed by atoms with Crippen molar-refractivity contribution < 1.29 is 9.53 Å². The Balaban J connectivity index is 2.26. The number of benzene rings is 1. The summed E-state index contributed by atoms with van der Waals surface area (Å²) in [7, 11) is 0. The van der Waals surface area contributed by atoms with Crippen molar-refractivity contribution in [2.24, 2.45) is 0 Å². The lowest BCUT2D eigenvalue weighted by Crippen LogP contribution is -2.38. The number of likely N-dealkylation sites (tertiary alicyclic amines) is 1. The van der Waals surface area contributed by atoms with Crippen LogP contribution in [-0.4, -0.2) is 30.1 Å². The molecule has 1 aliphatic heterocycles. The first-order valence-electron chi connectivity index (χ1n) is 7.25. The zero-order valence-electron chi connectivity index (χ0n) is 11.8. The van der Waals surface area contributed by atoms with Crippen LogP contribution in [0.1, 0.15) is 44.7 Å². The number of esters is 1. The maximum absolute atomic E-state index is 12.3. The number of hydrogen-bond donors (Lipinski definition) is 0. The van der Waals surface area contributed by atoms with E-state index >= 15 is 0 Å². The highest BCUT2D eigenvalue weighted by Crippen LogP contribution is 2.31. The van der Waals surface area contributed by atoms with Crippen LogP contribution in [0.4, 0.5) is 0 Å². The molecule has 0 radical (unpaired) electrons. The fraction of sp³-hybridized carbons (Fsp3) is 0.562. The Morgan fingerprint density at radius 2 is 2.11 bits per heavy atom. The number of ether oxygens (including phenoxy) is 1. The molecule has 2 rings (SSSR count). The first-order chi connectivity index (χ1) is 9.27. The molecule has 0 aliphatic carbocycles. The van der Waals surface area contributed by atoms with E-state index in [1.165, 1.54) is 12.8 Å². The normalized spacial score (nSPS) is 21.3. The van der Waals surface area contributed by atoms with Gasteiger partial charge in [0.05, 0.1) is 6.61 Å². The largest absolute Gasteiger partial charge is 0.465 e. The van der Waals surface area contributed by atoms with Crippen molar-refractivity contribution in [1.82, 2.24) is 4.90 Å². The average Bonchev–Trinajstić information content (AvgIpc) is 2.89. The zero-order chi connectivity index (χ0) is 13.7. The van der Waals surface area contributed by atoms with E-state index in [-0.39, 0.29) is 12.0 Å². The topological polar surface area (TPSA) is 29.5 Å². The van der Waals surface area contributed by atoms with Crippen LogP contribution in [0.3, 0.4) is 0 Å². The van der Waals surface area contributed by atoms with Gasteiger partial charge in [-0.2, -0.15) is 0 Å². The van der Waals surface area contributed by atoms with Gasteiger partial charge in [-0.05, 0) is 38.3 Å². The van der Waals surface area contributed by atoms with Gasteiger partial charge in [0.1, 0.15) is 6.04 Å². The molecule has 1 aliphatic rings. The summed E-state index contributed by atoms with van der Waals surface area (Å²) in [6.45, 7) is 5.47. The van der Waals surface area contributed by atoms with E-state index in [1.807, 2.05) is 37.3 Å². The summed E-state index contributed by atoms with van der Waals surface area (Å²) in [4.78, 5) is 14.6. The van der Waals surface area contributed by atoms with E-state index in [9.17, 15) is 4.79 Å². The van der Waals surface area contributed by atoms with Crippen LogP contribution in [0.2, 0.25) is 0 Å². The van der Waals surface area contributed by atoms with Gasteiger partial charge in [0, 0.05) is 6.04 Å². The Morgan fingerprint density at radius 1 is 1.37 bits per heavy atom. The molecule has 0 amide bonds. The van der Waals surface area contributed by atoms with Crippen molar-refractivity contribution in [3.8, 4) is 0 Å². The van der Waals surface area contributed by atoms with Gasteiger partial charge in [0.15, 0.2) is 0 Å². The molecule has 19 heavy (non-hydrogen) atoms. The molecule has 0 N–H and O–H groups in total. The molecule has 1 heterocycles. The van der Waals surface area contributed by atoms with Gasteiger partial charge >= 0.3 is 5.97 Å². The lowest BCUT2D eigenvalue weighted by Gasteiger charge is -2.31. The van der Waals surface area contributed by atoms with Crippen molar-refractivity contribution >= 4 is 5.97 Å². The summed E-state index contributed by atoms with van der Waals surface area (Å²) in [5.41, 5.74) is 1.04. The fourth-order valence-electron chi connectivity index (χ4n) is 2.96. The molecule has 0 aromatic heterocycles. The highest BCUT2D eigenvalue weighted by Gasteiger charge is 2.35. The number of nitrogens with zero attached hydrogens (tertiary/aromatic N) is 1. The summed E-state index contributed by atoms with van der Waals surface area (Å²) >= 11 is 0. The molecule has 1 saturated heterocycles. The Bertz CT molecular complexity index is 404. The van der Waals surface area contributed by atoms with Crippen LogP contribution >= 0.6 is 0 Å². The predicted molar refractivity (Wildman–Crippen MR) is 75.8 cm³/mol. The van der Waals surface area contributed by atoms with Gasteiger partial charge < -0.3 is 4.74 Å². The molecule has 3 nitrogen and oxygen atoms in total. The van der Waals surface area contributed by atoms with Crippen LogP contribution in [0.5, 0.6) is 0 Å². The van der Waals surface area contributed by atoms with Crippen LogP contribution in [0.25, 0.3) is 0 Å². The van der Waals surface area contributed by atoms with Crippen molar-refractivity contribution in [3.05, 3.63) is 35.9 Å². The van der Waals surface area contributed by atoms with Crippen LogP contribution in [0.15, 0.2) is 30.3 Å². The molecule has 1 aromatic rings. The molecule has 0 saturated carbocycles. The molecule has 1 aromatic carbocycles. The van der Waals surface area contributed by atoms with Crippen LogP contribution < -0.4 is 0 Å². The van der Waals surface area contributed by atoms with E-state index in [0.717, 1.165) is 18.5 Å². The second-order valence-electron chi connectivity index (χ2n) is 5.01. The molecule has 2 atom stereocenters. The quantitative estimate of drug-likeness (QED) is 0.762. The Morgan fingerprint density at radius 3 is 2.74 bits per heavy atom. The summed E-state index contributed by atoms with van der Waals surface area (Å²) in [6, 6.07) is 10.2. The van der Waals surface area contributed by atoms with E-state index in [0.29, 0.717) is 12.6 Å². The van der Waals surface area contributed by atoms with E-state index in [2.05, 4.69) is 11.8 Å². The Labute approximate surface area is 115 Å². The van der Waals surface area contributed by atoms with Gasteiger partial charge in [0.2, 0.25) is 0 Å². The number of carbonyl (C=O) groups is 1. The van der Waals surface area contributed by atoms with Crippen molar-refractivity contribution in [3.63, 3.8) is 0 Å². The smallest absolute Gasteiger partial charge is 0.328 e. The minimum absolute atomic E-state index is 0.117. The lowest BCUT2D eigenvalue weighted by molar-refractivity contribution is -0.150. The Kier molecular flexibility index (Phi) is 4.97. The average molecular weight is 261 g/mol. The summed E-state index contributed by atoms with van der Waals surface area (Å²) in [5.74, 6) is -0.117. The predicted octanol–water partition coefficient (Wildman–Crippen LogP) is 3.17. The van der Waals surface area contributed by atoms with Gasteiger partial charge in [0.25, 0.3) is 0 Å². The summed E-state index contributed by atoms with van der Waals surface area (Å²) in [6.07, 6.45) is 3.43. The maximum atomic E-state index is 12.3. The minimum atomic E-state index is -0.242. The van der Waals surface area contributed by atoms with E-state index in [4.69, 9.17) is 4.74 Å². The standard InChI is InChI=1S/C16H23NO2/c1-3-14-11-8-12-17(14)15(16(18)19-4-2)13-9-6-5-7-10-13/h5-7,9-10,14-15H,3-4,8,11-12H2,1-2H3. The van der Waals surface area contributed by atoms with Crippen LogP contribution in [0, 0.1) is 0 Å². The Hall–Kier alpha value is -1.35. The lowest BCUT2D eigenvalue weighted by atomic mass is 10.0. The number of hydrogen-bond acceptors (Lipinski definition) is 3. The molecule has 1 fully saturated rings. The molecule has 3 heteroatoms. The molecule has 2 unspecified atom stereocenters. The van der Waals surface area contributed by atoms with Crippen molar-refractivity contribution in [1.29, 1.82) is 0 Å². The third kappa shape index (κ3) is 3.16. The molecule has 0 bridgehead atoms. The minimum Gasteiger partial charge on any atom is -0.465 e. The second kappa shape index (κ2) is 6.71.